The van der Waals surface area contributed by atoms with Gasteiger partial charge in [-0.2, -0.15) is 41.4 Å². The number of nitriles is 1. The molecule has 1 amide bonds. The van der Waals surface area contributed by atoms with Gasteiger partial charge in [-0.05, 0) is 36.4 Å². The Morgan fingerprint density at radius 2 is 1.89 bits per heavy atom. The van der Waals surface area contributed by atoms with Crippen LogP contribution in [0.3, 0.4) is 0 Å². The first-order valence-corrected chi connectivity index (χ1v) is 12.7. The van der Waals surface area contributed by atoms with E-state index in [-0.39, 0.29) is 33.1 Å². The first kappa shape index (κ1) is 32.8. The standard InChI is InChI=1S/C26H18ClF6N7O5/c1-38(12-19(35)45-23(42)26(31,32)33)24(43)40-21-16(3-2-5-36-21)18(37-40)11-39-6-4-17(25(28,29)30)20(22(39)41)44-15-8-13(10-34)7-14(27)9-15/h2-9,19H,11-12,35H2,1H3. The molecule has 45 heavy (non-hydrogen) atoms. The Morgan fingerprint density at radius 3 is 2.53 bits per heavy atom. The van der Waals surface area contributed by atoms with Gasteiger partial charge in [0.2, 0.25) is 5.75 Å². The van der Waals surface area contributed by atoms with Gasteiger partial charge in [-0.3, -0.25) is 10.5 Å². The lowest BCUT2D eigenvalue weighted by molar-refractivity contribution is -0.204. The number of nitrogens with two attached hydrogens (primary N) is 1. The topological polar surface area (TPSA) is 158 Å². The van der Waals surface area contributed by atoms with Crippen LogP contribution in [0.25, 0.3) is 11.0 Å². The van der Waals surface area contributed by atoms with E-state index in [4.69, 9.17) is 27.3 Å². The molecule has 0 saturated carbocycles. The van der Waals surface area contributed by atoms with E-state index < -0.39 is 60.5 Å². The van der Waals surface area contributed by atoms with Crippen molar-refractivity contribution in [3.05, 3.63) is 81.0 Å². The number of hydrogen-bond donors (Lipinski definition) is 1. The van der Waals surface area contributed by atoms with Gasteiger partial charge in [0.05, 0.1) is 30.4 Å². The van der Waals surface area contributed by atoms with Gasteiger partial charge in [0.25, 0.3) is 5.56 Å². The monoisotopic (exact) mass is 657 g/mol. The maximum Gasteiger partial charge on any atom is 0.490 e. The van der Waals surface area contributed by atoms with E-state index in [1.54, 1.807) is 6.07 Å². The Bertz CT molecular complexity index is 1880. The van der Waals surface area contributed by atoms with Crippen LogP contribution >= 0.6 is 11.6 Å². The number of likely N-dealkylation sites (N-methyl/N-ethyl adjacent to an activating group) is 1. The molecule has 0 spiro atoms. The van der Waals surface area contributed by atoms with Crippen LogP contribution < -0.4 is 16.0 Å². The maximum atomic E-state index is 13.8. The number of rotatable bonds is 7. The first-order valence-electron chi connectivity index (χ1n) is 12.3. The second kappa shape index (κ2) is 12.5. The number of ether oxygens (including phenoxy) is 2. The summed E-state index contributed by atoms with van der Waals surface area (Å²) in [5.41, 5.74) is 2.62. The van der Waals surface area contributed by atoms with Gasteiger partial charge >= 0.3 is 24.4 Å². The van der Waals surface area contributed by atoms with Crippen molar-refractivity contribution < 1.29 is 45.4 Å². The zero-order valence-corrected chi connectivity index (χ0v) is 23.3. The molecule has 4 rings (SSSR count). The molecule has 0 bridgehead atoms. The minimum absolute atomic E-state index is 0.0185. The molecule has 3 heterocycles. The van der Waals surface area contributed by atoms with E-state index >= 15 is 0 Å². The number of nitrogens with zero attached hydrogens (tertiary/aromatic N) is 6. The van der Waals surface area contributed by atoms with Crippen molar-refractivity contribution in [2.24, 2.45) is 5.73 Å². The van der Waals surface area contributed by atoms with Crippen LogP contribution in [0.1, 0.15) is 16.8 Å². The van der Waals surface area contributed by atoms with E-state index in [9.17, 15) is 40.7 Å². The molecule has 0 radical (unpaired) electrons. The normalized spacial score (nSPS) is 12.4. The van der Waals surface area contributed by atoms with Crippen LogP contribution in [0, 0.1) is 11.3 Å². The zero-order chi connectivity index (χ0) is 33.3. The molecular formula is C26H18ClF6N7O5. The third kappa shape index (κ3) is 7.33. The van der Waals surface area contributed by atoms with Gasteiger partial charge in [0.1, 0.15) is 11.3 Å². The van der Waals surface area contributed by atoms with Crippen molar-refractivity contribution in [1.82, 2.24) is 24.2 Å². The number of benzene rings is 1. The summed E-state index contributed by atoms with van der Waals surface area (Å²) in [6, 6.07) is 7.71. The van der Waals surface area contributed by atoms with Crippen molar-refractivity contribution in [3.63, 3.8) is 0 Å². The largest absolute Gasteiger partial charge is 0.490 e. The molecule has 0 aliphatic rings. The number of carbonyl (C=O) groups excluding carboxylic acids is 2. The van der Waals surface area contributed by atoms with Gasteiger partial charge in [-0.25, -0.2) is 14.6 Å². The van der Waals surface area contributed by atoms with Crippen LogP contribution in [0.15, 0.2) is 53.6 Å². The van der Waals surface area contributed by atoms with E-state index in [1.165, 1.54) is 24.4 Å². The van der Waals surface area contributed by atoms with Gasteiger partial charge in [-0.15, -0.1) is 0 Å². The number of amides is 1. The molecule has 12 nitrogen and oxygen atoms in total. The average molecular weight is 658 g/mol. The fourth-order valence-corrected chi connectivity index (χ4v) is 4.20. The quantitative estimate of drug-likeness (QED) is 0.174. The summed E-state index contributed by atoms with van der Waals surface area (Å²) in [4.78, 5) is 42.3. The predicted octanol–water partition coefficient (Wildman–Crippen LogP) is 4.27. The second-order valence-electron chi connectivity index (χ2n) is 9.22. The Balaban J connectivity index is 1.69. The summed E-state index contributed by atoms with van der Waals surface area (Å²) >= 11 is 5.92. The van der Waals surface area contributed by atoms with Crippen molar-refractivity contribution in [2.45, 2.75) is 25.1 Å². The summed E-state index contributed by atoms with van der Waals surface area (Å²) in [6.45, 7) is -1.19. The molecule has 2 N–H and O–H groups in total. The van der Waals surface area contributed by atoms with Crippen molar-refractivity contribution >= 4 is 34.6 Å². The molecule has 0 aliphatic heterocycles. The first-order chi connectivity index (χ1) is 21.0. The number of aromatic nitrogens is 4. The Labute approximate surface area is 252 Å². The molecule has 0 aliphatic carbocycles. The summed E-state index contributed by atoms with van der Waals surface area (Å²) in [5, 5.41) is 13.4. The number of halogens is 7. The SMILES string of the molecule is CN(CC(N)OC(=O)C(F)(F)F)C(=O)n1nc(Cn2ccc(C(F)(F)F)c(Oc3cc(Cl)cc(C#N)c3)c2=O)c2cccnc21. The molecule has 3 aromatic heterocycles. The summed E-state index contributed by atoms with van der Waals surface area (Å²) < 4.78 is 89.9. The van der Waals surface area contributed by atoms with Crippen LogP contribution in [0.4, 0.5) is 31.1 Å². The highest BCUT2D eigenvalue weighted by atomic mass is 35.5. The lowest BCUT2D eigenvalue weighted by Gasteiger charge is -2.21. The van der Waals surface area contributed by atoms with E-state index in [2.05, 4.69) is 14.8 Å². The number of esters is 1. The van der Waals surface area contributed by atoms with E-state index in [0.717, 1.165) is 39.5 Å². The lowest BCUT2D eigenvalue weighted by atomic mass is 10.2. The summed E-state index contributed by atoms with van der Waals surface area (Å²) in [5.74, 6) is -4.00. The van der Waals surface area contributed by atoms with Gasteiger partial charge in [-0.1, -0.05) is 11.6 Å². The predicted molar refractivity (Wildman–Crippen MR) is 142 cm³/mol. The fraction of sp³-hybridized carbons (Fsp3) is 0.231. The van der Waals surface area contributed by atoms with Gasteiger partial charge in [0, 0.05) is 29.9 Å². The highest BCUT2D eigenvalue weighted by molar-refractivity contribution is 6.30. The summed E-state index contributed by atoms with van der Waals surface area (Å²) in [6.07, 6.45) is -10.1. The Morgan fingerprint density at radius 1 is 1.18 bits per heavy atom. The molecule has 1 atom stereocenters. The molecule has 4 aromatic rings. The molecule has 0 fully saturated rings. The van der Waals surface area contributed by atoms with Crippen molar-refractivity contribution in [1.29, 1.82) is 5.26 Å². The third-order valence-corrected chi connectivity index (χ3v) is 6.16. The third-order valence-electron chi connectivity index (χ3n) is 5.94. The molecule has 236 valence electrons. The number of alkyl halides is 6. The van der Waals surface area contributed by atoms with Crippen LogP contribution in [0.2, 0.25) is 5.02 Å². The van der Waals surface area contributed by atoms with Gasteiger partial charge < -0.3 is 18.9 Å². The highest BCUT2D eigenvalue weighted by Gasteiger charge is 2.42. The van der Waals surface area contributed by atoms with Crippen molar-refractivity contribution in [2.75, 3.05) is 13.6 Å². The number of fused-ring (bicyclic) bond motifs is 1. The minimum atomic E-state index is -5.31. The zero-order valence-electron chi connectivity index (χ0n) is 22.6. The molecule has 19 heteroatoms. The molecule has 1 unspecified atom stereocenters. The van der Waals surface area contributed by atoms with Crippen LogP contribution in [-0.2, 0) is 22.3 Å². The average Bonchev–Trinajstić information content (AvgIpc) is 3.31. The Hall–Kier alpha value is -5.15. The highest BCUT2D eigenvalue weighted by Crippen LogP contribution is 2.37. The number of carbonyl (C=O) groups is 2. The van der Waals surface area contributed by atoms with Crippen LogP contribution in [0.5, 0.6) is 11.5 Å². The number of hydrogen-bond acceptors (Lipinski definition) is 9. The van der Waals surface area contributed by atoms with Crippen LogP contribution in [-0.4, -0.2) is 62.2 Å². The maximum absolute atomic E-state index is 13.8. The molecular weight excluding hydrogens is 640 g/mol. The minimum Gasteiger partial charge on any atom is -0.451 e. The fourth-order valence-electron chi connectivity index (χ4n) is 3.98. The molecule has 0 saturated heterocycles. The van der Waals surface area contributed by atoms with E-state index in [0.29, 0.717) is 6.07 Å². The van der Waals surface area contributed by atoms with Gasteiger partial charge in [0.15, 0.2) is 11.9 Å². The second-order valence-corrected chi connectivity index (χ2v) is 9.65. The lowest BCUT2D eigenvalue weighted by Crippen LogP contribution is -2.45. The Kier molecular flexibility index (Phi) is 9.07. The van der Waals surface area contributed by atoms with E-state index in [1.807, 2.05) is 0 Å². The number of pyridine rings is 2. The van der Waals surface area contributed by atoms with Crippen molar-refractivity contribution in [3.8, 4) is 17.6 Å². The summed E-state index contributed by atoms with van der Waals surface area (Å²) in [7, 11) is 1.12. The molecule has 1 aromatic carbocycles. The smallest absolute Gasteiger partial charge is 0.451 e.